The highest BCUT2D eigenvalue weighted by molar-refractivity contribution is 5.91. The Bertz CT molecular complexity index is 821. The number of nitrogens with zero attached hydrogens (tertiary/aromatic N) is 1. The first-order valence-corrected chi connectivity index (χ1v) is 9.17. The fourth-order valence-corrected chi connectivity index (χ4v) is 2.84. The Kier molecular flexibility index (Phi) is 6.47. The van der Waals surface area contributed by atoms with E-state index >= 15 is 0 Å². The zero-order valence-corrected chi connectivity index (χ0v) is 15.7. The second kappa shape index (κ2) is 9.21. The Hall–Kier alpha value is -3.09. The Morgan fingerprint density at radius 3 is 2.43 bits per heavy atom. The minimum Gasteiger partial charge on any atom is -0.493 e. The molecule has 1 N–H and O–H groups in total. The van der Waals surface area contributed by atoms with E-state index in [0.29, 0.717) is 23.7 Å². The number of methoxy groups -OCH3 is 1. The number of halogens is 1. The van der Waals surface area contributed by atoms with Gasteiger partial charge in [0.25, 0.3) is 5.91 Å². The minimum atomic E-state index is -0.362. The summed E-state index contributed by atoms with van der Waals surface area (Å²) in [4.78, 5) is 26.4. The number of rotatable bonds is 9. The van der Waals surface area contributed by atoms with Crippen LogP contribution >= 0.6 is 0 Å². The zero-order valence-electron chi connectivity index (χ0n) is 15.7. The van der Waals surface area contributed by atoms with Gasteiger partial charge in [-0.1, -0.05) is 12.1 Å². The van der Waals surface area contributed by atoms with Gasteiger partial charge >= 0.3 is 0 Å². The number of nitrogens with one attached hydrogen (secondary N) is 1. The van der Waals surface area contributed by atoms with Crippen molar-refractivity contribution in [2.45, 2.75) is 25.3 Å². The number of ether oxygens (including phenoxy) is 2. The summed E-state index contributed by atoms with van der Waals surface area (Å²) in [5.41, 5.74) is 0.523. The molecule has 0 saturated heterocycles. The van der Waals surface area contributed by atoms with Crippen LogP contribution in [0.2, 0.25) is 0 Å². The lowest BCUT2D eigenvalue weighted by atomic mass is 10.3. The third-order valence-electron chi connectivity index (χ3n) is 4.44. The fraction of sp³-hybridized carbons (Fsp3) is 0.333. The molecule has 1 aliphatic carbocycles. The molecule has 0 bridgehead atoms. The van der Waals surface area contributed by atoms with E-state index in [1.807, 2.05) is 6.07 Å². The molecule has 2 amide bonds. The summed E-state index contributed by atoms with van der Waals surface area (Å²) < 4.78 is 23.8. The fourth-order valence-electron chi connectivity index (χ4n) is 2.84. The van der Waals surface area contributed by atoms with E-state index < -0.39 is 0 Å². The van der Waals surface area contributed by atoms with Crippen LogP contribution in [0.15, 0.2) is 48.5 Å². The number of hydrogen-bond donors (Lipinski definition) is 1. The van der Waals surface area contributed by atoms with Gasteiger partial charge in [0, 0.05) is 24.7 Å². The number of hydrogen-bond acceptors (Lipinski definition) is 4. The van der Waals surface area contributed by atoms with E-state index in [4.69, 9.17) is 9.47 Å². The smallest absolute Gasteiger partial charge is 0.260 e. The molecule has 0 heterocycles. The van der Waals surface area contributed by atoms with Crippen molar-refractivity contribution in [1.29, 1.82) is 0 Å². The number of para-hydroxylation sites is 2. The normalized spacial score (nSPS) is 12.9. The van der Waals surface area contributed by atoms with Gasteiger partial charge in [-0.15, -0.1) is 0 Å². The Morgan fingerprint density at radius 1 is 1.11 bits per heavy atom. The lowest BCUT2D eigenvalue weighted by Crippen LogP contribution is -2.38. The molecule has 0 aliphatic heterocycles. The molecule has 28 heavy (non-hydrogen) atoms. The molecule has 0 unspecified atom stereocenters. The second-order valence-corrected chi connectivity index (χ2v) is 6.56. The summed E-state index contributed by atoms with van der Waals surface area (Å²) >= 11 is 0. The molecule has 0 radical (unpaired) electrons. The molecule has 148 valence electrons. The highest BCUT2D eigenvalue weighted by Gasteiger charge is 2.32. The van der Waals surface area contributed by atoms with Gasteiger partial charge in [0.1, 0.15) is 5.82 Å². The largest absolute Gasteiger partial charge is 0.493 e. The Balaban J connectivity index is 1.51. The maximum Gasteiger partial charge on any atom is 0.260 e. The van der Waals surface area contributed by atoms with E-state index in [2.05, 4.69) is 5.32 Å². The maximum atomic E-state index is 12.9. The van der Waals surface area contributed by atoms with Crippen molar-refractivity contribution in [3.05, 3.63) is 54.3 Å². The molecule has 7 heteroatoms. The van der Waals surface area contributed by atoms with Gasteiger partial charge in [0.05, 0.1) is 7.11 Å². The van der Waals surface area contributed by atoms with Gasteiger partial charge in [-0.2, -0.15) is 0 Å². The summed E-state index contributed by atoms with van der Waals surface area (Å²) in [5, 5.41) is 2.70. The molecule has 0 aromatic heterocycles. The molecule has 6 nitrogen and oxygen atoms in total. The van der Waals surface area contributed by atoms with Crippen LogP contribution in [0.3, 0.4) is 0 Å². The van der Waals surface area contributed by atoms with E-state index in [1.54, 1.807) is 30.2 Å². The highest BCUT2D eigenvalue weighted by Crippen LogP contribution is 2.28. The third-order valence-corrected chi connectivity index (χ3v) is 4.44. The topological polar surface area (TPSA) is 67.9 Å². The lowest BCUT2D eigenvalue weighted by Gasteiger charge is -2.22. The molecule has 1 saturated carbocycles. The van der Waals surface area contributed by atoms with Gasteiger partial charge in [-0.05, 0) is 49.2 Å². The van der Waals surface area contributed by atoms with E-state index in [0.717, 1.165) is 12.8 Å². The van der Waals surface area contributed by atoms with E-state index in [9.17, 15) is 14.0 Å². The van der Waals surface area contributed by atoms with Crippen LogP contribution in [0.4, 0.5) is 10.1 Å². The lowest BCUT2D eigenvalue weighted by molar-refractivity contribution is -0.134. The van der Waals surface area contributed by atoms with Crippen LogP contribution in [0.25, 0.3) is 0 Å². The quantitative estimate of drug-likeness (QED) is 0.719. The SMILES string of the molecule is COc1ccccc1OCC(=O)N(CCC(=O)Nc1ccc(F)cc1)C1CC1. The van der Waals surface area contributed by atoms with Gasteiger partial charge in [-0.3, -0.25) is 9.59 Å². The highest BCUT2D eigenvalue weighted by atomic mass is 19.1. The zero-order chi connectivity index (χ0) is 19.9. The summed E-state index contributed by atoms with van der Waals surface area (Å²) in [6.07, 6.45) is 2.02. The number of carbonyl (C=O) groups is 2. The Labute approximate surface area is 163 Å². The number of benzene rings is 2. The molecule has 2 aromatic rings. The first-order valence-electron chi connectivity index (χ1n) is 9.17. The predicted molar refractivity (Wildman–Crippen MR) is 103 cm³/mol. The van der Waals surface area contributed by atoms with E-state index in [1.165, 1.54) is 24.3 Å². The molecular weight excluding hydrogens is 363 g/mol. The molecule has 1 aliphatic rings. The van der Waals surface area contributed by atoms with Crippen LogP contribution in [-0.2, 0) is 9.59 Å². The molecule has 3 rings (SSSR count). The van der Waals surface area contributed by atoms with Crippen molar-refractivity contribution in [3.8, 4) is 11.5 Å². The number of anilines is 1. The first kappa shape index (κ1) is 19.7. The van der Waals surface area contributed by atoms with Gasteiger partial charge < -0.3 is 19.7 Å². The van der Waals surface area contributed by atoms with Crippen molar-refractivity contribution in [3.63, 3.8) is 0 Å². The maximum absolute atomic E-state index is 12.9. The summed E-state index contributed by atoms with van der Waals surface area (Å²) in [6.45, 7) is 0.197. The van der Waals surface area contributed by atoms with Crippen molar-refractivity contribution >= 4 is 17.5 Å². The number of carbonyl (C=O) groups excluding carboxylic acids is 2. The van der Waals surface area contributed by atoms with Crippen LogP contribution in [0.1, 0.15) is 19.3 Å². The molecule has 1 fully saturated rings. The van der Waals surface area contributed by atoms with Crippen molar-refractivity contribution in [1.82, 2.24) is 4.90 Å². The summed E-state index contributed by atoms with van der Waals surface area (Å²) in [7, 11) is 1.54. The second-order valence-electron chi connectivity index (χ2n) is 6.56. The molecule has 0 spiro atoms. The van der Waals surface area contributed by atoms with Crippen LogP contribution < -0.4 is 14.8 Å². The van der Waals surface area contributed by atoms with Crippen molar-refractivity contribution in [2.75, 3.05) is 25.6 Å². The van der Waals surface area contributed by atoms with Gasteiger partial charge in [-0.25, -0.2) is 4.39 Å². The predicted octanol–water partition coefficient (Wildman–Crippen LogP) is 3.23. The summed E-state index contributed by atoms with van der Waals surface area (Å²) in [5.74, 6) is 0.312. The summed E-state index contributed by atoms with van der Waals surface area (Å²) in [6, 6.07) is 12.9. The van der Waals surface area contributed by atoms with Crippen LogP contribution in [0.5, 0.6) is 11.5 Å². The average Bonchev–Trinajstić information content (AvgIpc) is 3.53. The van der Waals surface area contributed by atoms with Crippen LogP contribution in [-0.4, -0.2) is 43.0 Å². The standard InChI is InChI=1S/C21H23FN2O4/c1-27-18-4-2-3-5-19(18)28-14-21(26)24(17-10-11-17)13-12-20(25)23-16-8-6-15(22)7-9-16/h2-9,17H,10-14H2,1H3,(H,23,25). The average molecular weight is 386 g/mol. The molecule has 0 atom stereocenters. The molecular formula is C21H23FN2O4. The van der Waals surface area contributed by atoms with Gasteiger partial charge in [0.2, 0.25) is 5.91 Å². The first-order chi connectivity index (χ1) is 13.6. The van der Waals surface area contributed by atoms with Crippen molar-refractivity contribution in [2.24, 2.45) is 0 Å². The monoisotopic (exact) mass is 386 g/mol. The third kappa shape index (κ3) is 5.45. The minimum absolute atomic E-state index is 0.115. The molecule has 2 aromatic carbocycles. The number of amides is 2. The van der Waals surface area contributed by atoms with E-state index in [-0.39, 0.29) is 36.7 Å². The van der Waals surface area contributed by atoms with Crippen LogP contribution in [0, 0.1) is 5.82 Å². The van der Waals surface area contributed by atoms with Crippen molar-refractivity contribution < 1.29 is 23.5 Å². The van der Waals surface area contributed by atoms with Gasteiger partial charge in [0.15, 0.2) is 18.1 Å². The Morgan fingerprint density at radius 2 is 1.79 bits per heavy atom.